The Hall–Kier alpha value is -1.75. The fourth-order valence-corrected chi connectivity index (χ4v) is 2.30. The molecule has 1 saturated carbocycles. The van der Waals surface area contributed by atoms with Crippen molar-refractivity contribution in [2.24, 2.45) is 5.73 Å². The molecule has 0 aliphatic heterocycles. The van der Waals surface area contributed by atoms with Gasteiger partial charge in [0.05, 0.1) is 5.92 Å². The smallest absolute Gasteiger partial charge is 0.231 e. The quantitative estimate of drug-likeness (QED) is 0.850. The number of aromatic nitrogens is 3. The molecule has 0 radical (unpaired) electrons. The van der Waals surface area contributed by atoms with Gasteiger partial charge in [-0.15, -0.1) is 0 Å². The summed E-state index contributed by atoms with van der Waals surface area (Å²) in [5.74, 6) is 1.50. The molecule has 2 heterocycles. The Morgan fingerprint density at radius 2 is 2.06 bits per heavy atom. The summed E-state index contributed by atoms with van der Waals surface area (Å²) in [7, 11) is 0. The minimum atomic E-state index is 0.153. The summed E-state index contributed by atoms with van der Waals surface area (Å²) in [5, 5.41) is 4.00. The molecule has 1 aliphatic rings. The number of hydrogen-bond acceptors (Lipinski definition) is 5. The third-order valence-corrected chi connectivity index (χ3v) is 3.27. The van der Waals surface area contributed by atoms with Crippen molar-refractivity contribution in [3.05, 3.63) is 30.4 Å². The monoisotopic (exact) mass is 230 g/mol. The third kappa shape index (κ3) is 1.93. The summed E-state index contributed by atoms with van der Waals surface area (Å²) >= 11 is 0. The Morgan fingerprint density at radius 3 is 2.76 bits per heavy atom. The standard InChI is InChI=1S/C12H14N4O/c13-10-3-1-2-9(10)12-15-11(16-17-12)8-4-6-14-7-5-8/h4-7,9-10H,1-3,13H2/t9-,10-/m1/s1. The molecule has 0 aromatic carbocycles. The van der Waals surface area contributed by atoms with E-state index in [4.69, 9.17) is 10.3 Å². The first kappa shape index (κ1) is 10.4. The van der Waals surface area contributed by atoms with Crippen molar-refractivity contribution < 1.29 is 4.52 Å². The van der Waals surface area contributed by atoms with E-state index in [1.807, 2.05) is 12.1 Å². The molecule has 88 valence electrons. The lowest BCUT2D eigenvalue weighted by Gasteiger charge is -2.08. The summed E-state index contributed by atoms with van der Waals surface area (Å²) in [5.41, 5.74) is 6.94. The maximum Gasteiger partial charge on any atom is 0.231 e. The topological polar surface area (TPSA) is 77.8 Å². The average molecular weight is 230 g/mol. The zero-order valence-electron chi connectivity index (χ0n) is 9.41. The molecule has 0 saturated heterocycles. The van der Waals surface area contributed by atoms with Crippen LogP contribution in [0.3, 0.4) is 0 Å². The van der Waals surface area contributed by atoms with E-state index >= 15 is 0 Å². The molecule has 1 aliphatic carbocycles. The maximum absolute atomic E-state index is 6.02. The minimum Gasteiger partial charge on any atom is -0.339 e. The predicted molar refractivity (Wildman–Crippen MR) is 62.1 cm³/mol. The highest BCUT2D eigenvalue weighted by atomic mass is 16.5. The highest BCUT2D eigenvalue weighted by molar-refractivity contribution is 5.52. The van der Waals surface area contributed by atoms with Crippen LogP contribution in [0.4, 0.5) is 0 Å². The lowest BCUT2D eigenvalue weighted by molar-refractivity contribution is 0.345. The van der Waals surface area contributed by atoms with Crippen LogP contribution in [-0.2, 0) is 0 Å². The minimum absolute atomic E-state index is 0.153. The van der Waals surface area contributed by atoms with Crippen LogP contribution in [0.1, 0.15) is 31.1 Å². The molecule has 0 bridgehead atoms. The normalized spacial score (nSPS) is 24.1. The number of rotatable bonds is 2. The van der Waals surface area contributed by atoms with Gasteiger partial charge in [-0.3, -0.25) is 4.98 Å². The Labute approximate surface area is 99.1 Å². The fourth-order valence-electron chi connectivity index (χ4n) is 2.30. The van der Waals surface area contributed by atoms with Crippen LogP contribution in [0.15, 0.2) is 29.0 Å². The molecule has 1 fully saturated rings. The molecule has 2 aromatic heterocycles. The van der Waals surface area contributed by atoms with Gasteiger partial charge >= 0.3 is 0 Å². The summed E-state index contributed by atoms with van der Waals surface area (Å²) in [6, 6.07) is 3.88. The van der Waals surface area contributed by atoms with Crippen molar-refractivity contribution in [1.82, 2.24) is 15.1 Å². The second kappa shape index (κ2) is 4.25. The van der Waals surface area contributed by atoms with Crippen LogP contribution < -0.4 is 5.73 Å². The van der Waals surface area contributed by atoms with Crippen molar-refractivity contribution >= 4 is 0 Å². The van der Waals surface area contributed by atoms with E-state index in [9.17, 15) is 0 Å². The maximum atomic E-state index is 6.02. The molecule has 5 nitrogen and oxygen atoms in total. The molecule has 2 atom stereocenters. The molecular formula is C12H14N4O. The zero-order valence-corrected chi connectivity index (χ0v) is 9.41. The van der Waals surface area contributed by atoms with Crippen LogP contribution in [0.25, 0.3) is 11.4 Å². The van der Waals surface area contributed by atoms with Gasteiger partial charge in [-0.25, -0.2) is 0 Å². The molecule has 0 amide bonds. The number of nitrogens with two attached hydrogens (primary N) is 1. The van der Waals surface area contributed by atoms with Gasteiger partial charge in [-0.1, -0.05) is 11.6 Å². The van der Waals surface area contributed by atoms with E-state index in [2.05, 4.69) is 15.1 Å². The Bertz CT molecular complexity index is 496. The number of nitrogens with zero attached hydrogens (tertiary/aromatic N) is 3. The SMILES string of the molecule is N[C@@H]1CCC[C@H]1c1nc(-c2ccncc2)no1. The molecule has 0 unspecified atom stereocenters. The van der Waals surface area contributed by atoms with Crippen LogP contribution >= 0.6 is 0 Å². The first-order valence-corrected chi connectivity index (χ1v) is 5.84. The number of pyridine rings is 1. The van der Waals surface area contributed by atoms with Gasteiger partial charge in [-0.2, -0.15) is 4.98 Å². The van der Waals surface area contributed by atoms with Gasteiger partial charge < -0.3 is 10.3 Å². The molecule has 5 heteroatoms. The fraction of sp³-hybridized carbons (Fsp3) is 0.417. The van der Waals surface area contributed by atoms with Crippen molar-refractivity contribution in [2.75, 3.05) is 0 Å². The van der Waals surface area contributed by atoms with Crippen molar-refractivity contribution in [2.45, 2.75) is 31.2 Å². The van der Waals surface area contributed by atoms with Crippen LogP contribution in [-0.4, -0.2) is 21.2 Å². The van der Waals surface area contributed by atoms with Crippen molar-refractivity contribution in [3.8, 4) is 11.4 Å². The summed E-state index contributed by atoms with van der Waals surface area (Å²) < 4.78 is 5.31. The average Bonchev–Trinajstić information content (AvgIpc) is 2.98. The molecule has 0 spiro atoms. The van der Waals surface area contributed by atoms with Gasteiger partial charge in [-0.05, 0) is 25.0 Å². The first-order valence-electron chi connectivity index (χ1n) is 5.84. The van der Waals surface area contributed by atoms with Crippen molar-refractivity contribution in [3.63, 3.8) is 0 Å². The molecule has 3 rings (SSSR count). The van der Waals surface area contributed by atoms with E-state index < -0.39 is 0 Å². The summed E-state index contributed by atoms with van der Waals surface area (Å²) in [6.07, 6.45) is 6.65. The van der Waals surface area contributed by atoms with Gasteiger partial charge in [0.1, 0.15) is 0 Å². The first-order chi connectivity index (χ1) is 8.34. The van der Waals surface area contributed by atoms with Gasteiger partial charge in [0.25, 0.3) is 0 Å². The van der Waals surface area contributed by atoms with Crippen LogP contribution in [0.2, 0.25) is 0 Å². The van der Waals surface area contributed by atoms with Gasteiger partial charge in [0.15, 0.2) is 0 Å². The van der Waals surface area contributed by atoms with Gasteiger partial charge in [0.2, 0.25) is 11.7 Å². The second-order valence-corrected chi connectivity index (χ2v) is 4.39. The summed E-state index contributed by atoms with van der Waals surface area (Å²) in [4.78, 5) is 8.39. The highest BCUT2D eigenvalue weighted by Crippen LogP contribution is 2.33. The molecule has 2 N–H and O–H groups in total. The summed E-state index contributed by atoms with van der Waals surface area (Å²) in [6.45, 7) is 0. The molecule has 2 aromatic rings. The van der Waals surface area contributed by atoms with E-state index in [0.717, 1.165) is 24.8 Å². The second-order valence-electron chi connectivity index (χ2n) is 4.39. The zero-order chi connectivity index (χ0) is 11.7. The van der Waals surface area contributed by atoms with Crippen LogP contribution in [0.5, 0.6) is 0 Å². The lowest BCUT2D eigenvalue weighted by atomic mass is 10.1. The van der Waals surface area contributed by atoms with Crippen molar-refractivity contribution in [1.29, 1.82) is 0 Å². The molecular weight excluding hydrogens is 216 g/mol. The Balaban J connectivity index is 1.88. The largest absolute Gasteiger partial charge is 0.339 e. The van der Waals surface area contributed by atoms with Crippen LogP contribution in [0, 0.1) is 0 Å². The Kier molecular flexibility index (Phi) is 2.60. The van der Waals surface area contributed by atoms with Gasteiger partial charge in [0, 0.05) is 24.0 Å². The Morgan fingerprint density at radius 1 is 1.24 bits per heavy atom. The van der Waals surface area contributed by atoms with E-state index in [-0.39, 0.29) is 12.0 Å². The van der Waals surface area contributed by atoms with E-state index in [0.29, 0.717) is 11.7 Å². The third-order valence-electron chi connectivity index (χ3n) is 3.27. The highest BCUT2D eigenvalue weighted by Gasteiger charge is 2.30. The number of hydrogen-bond donors (Lipinski definition) is 1. The van der Waals surface area contributed by atoms with E-state index in [1.165, 1.54) is 0 Å². The molecule has 17 heavy (non-hydrogen) atoms. The lowest BCUT2D eigenvalue weighted by Crippen LogP contribution is -2.22. The predicted octanol–water partition coefficient (Wildman–Crippen LogP) is 1.73. The van der Waals surface area contributed by atoms with E-state index in [1.54, 1.807) is 12.4 Å².